The molecule has 1 aromatic carbocycles. The van der Waals surface area contributed by atoms with E-state index in [1.807, 2.05) is 0 Å². The second kappa shape index (κ2) is 8.66. The number of carbonyl (C=O) groups excluding carboxylic acids is 1. The summed E-state index contributed by atoms with van der Waals surface area (Å²) in [5, 5.41) is 11.7. The lowest BCUT2D eigenvalue weighted by molar-refractivity contribution is -0.142. The van der Waals surface area contributed by atoms with Crippen molar-refractivity contribution in [2.45, 2.75) is 38.8 Å². The van der Waals surface area contributed by atoms with Crippen LogP contribution >= 0.6 is 27.5 Å². The third kappa shape index (κ3) is 4.93. The molecule has 1 atom stereocenters. The Balaban J connectivity index is 2.30. The van der Waals surface area contributed by atoms with Gasteiger partial charge < -0.3 is 14.8 Å². The van der Waals surface area contributed by atoms with Crippen molar-refractivity contribution in [1.29, 1.82) is 5.41 Å². The van der Waals surface area contributed by atoms with Crippen molar-refractivity contribution in [3.63, 3.8) is 0 Å². The topological polar surface area (TPSA) is 71.4 Å². The van der Waals surface area contributed by atoms with Crippen LogP contribution in [0.4, 0.5) is 5.69 Å². The number of ether oxygens (including phenoxy) is 2. The molecule has 0 aromatic heterocycles. The predicted molar refractivity (Wildman–Crippen MR) is 94.8 cm³/mol. The summed E-state index contributed by atoms with van der Waals surface area (Å²) >= 11 is 9.45. The van der Waals surface area contributed by atoms with Gasteiger partial charge >= 0.3 is 5.97 Å². The number of hydrogen-bond donors (Lipinski definition) is 2. The lowest BCUT2D eigenvalue weighted by Gasteiger charge is -2.26. The van der Waals surface area contributed by atoms with Crippen LogP contribution in [0.15, 0.2) is 12.1 Å². The van der Waals surface area contributed by atoms with Crippen molar-refractivity contribution in [1.82, 2.24) is 0 Å². The van der Waals surface area contributed by atoms with Crippen LogP contribution in [0.3, 0.4) is 0 Å². The van der Waals surface area contributed by atoms with Crippen LogP contribution in [0, 0.1) is 5.41 Å². The SMILES string of the molecule is CCOC(=O)Cc1c(Cl)ccc(NC2CCCCO2)c1C(=N)Br. The number of anilines is 1. The van der Waals surface area contributed by atoms with Gasteiger partial charge in [0.2, 0.25) is 0 Å². The third-order valence-electron chi connectivity index (χ3n) is 3.60. The fraction of sp³-hybridized carbons (Fsp3) is 0.500. The third-order valence-corrected chi connectivity index (χ3v) is 4.35. The van der Waals surface area contributed by atoms with Crippen LogP contribution in [0.1, 0.15) is 37.3 Å². The Hall–Kier alpha value is -1.11. The van der Waals surface area contributed by atoms with Crippen LogP contribution in [-0.2, 0) is 20.7 Å². The Morgan fingerprint density at radius 1 is 1.52 bits per heavy atom. The molecule has 7 heteroatoms. The molecule has 1 aliphatic rings. The molecule has 0 saturated carbocycles. The van der Waals surface area contributed by atoms with Gasteiger partial charge in [-0.2, -0.15) is 0 Å². The molecule has 0 aliphatic carbocycles. The predicted octanol–water partition coefficient (Wildman–Crippen LogP) is 4.10. The molecule has 0 amide bonds. The van der Waals surface area contributed by atoms with Gasteiger partial charge in [0.15, 0.2) is 0 Å². The molecule has 1 heterocycles. The summed E-state index contributed by atoms with van der Waals surface area (Å²) in [6.07, 6.45) is 3.00. The summed E-state index contributed by atoms with van der Waals surface area (Å²) in [7, 11) is 0. The Kier molecular flexibility index (Phi) is 6.87. The van der Waals surface area contributed by atoms with E-state index in [9.17, 15) is 4.79 Å². The summed E-state index contributed by atoms with van der Waals surface area (Å²) < 4.78 is 10.8. The van der Waals surface area contributed by atoms with Crippen LogP contribution in [-0.4, -0.2) is 30.0 Å². The lowest BCUT2D eigenvalue weighted by Crippen LogP contribution is -2.28. The average molecular weight is 404 g/mol. The zero-order chi connectivity index (χ0) is 16.8. The van der Waals surface area contributed by atoms with Crippen molar-refractivity contribution in [3.8, 4) is 0 Å². The number of halogens is 2. The van der Waals surface area contributed by atoms with E-state index in [1.165, 1.54) is 0 Å². The van der Waals surface area contributed by atoms with Crippen molar-refractivity contribution < 1.29 is 14.3 Å². The number of nitrogens with one attached hydrogen (secondary N) is 2. The largest absolute Gasteiger partial charge is 0.466 e. The minimum atomic E-state index is -0.365. The molecule has 23 heavy (non-hydrogen) atoms. The van der Waals surface area contributed by atoms with Gasteiger partial charge in [-0.3, -0.25) is 10.2 Å². The first-order valence-corrected chi connectivity index (χ1v) is 8.79. The lowest BCUT2D eigenvalue weighted by atomic mass is 10.0. The van der Waals surface area contributed by atoms with E-state index in [0.29, 0.717) is 22.8 Å². The summed E-state index contributed by atoms with van der Waals surface area (Å²) in [4.78, 5) is 11.8. The maximum Gasteiger partial charge on any atom is 0.310 e. The number of esters is 1. The highest BCUT2D eigenvalue weighted by Crippen LogP contribution is 2.31. The molecule has 1 aliphatic heterocycles. The maximum absolute atomic E-state index is 11.8. The highest BCUT2D eigenvalue weighted by atomic mass is 79.9. The zero-order valence-corrected chi connectivity index (χ0v) is 15.3. The molecule has 1 fully saturated rings. The molecule has 1 aromatic rings. The van der Waals surface area contributed by atoms with Crippen molar-refractivity contribution >= 4 is 43.8 Å². The van der Waals surface area contributed by atoms with Gasteiger partial charge in [-0.05, 0) is 59.8 Å². The number of hydrogen-bond acceptors (Lipinski definition) is 5. The van der Waals surface area contributed by atoms with Crippen LogP contribution in [0.25, 0.3) is 0 Å². The Labute approximate surface area is 149 Å². The summed E-state index contributed by atoms with van der Waals surface area (Å²) in [6, 6.07) is 3.53. The van der Waals surface area contributed by atoms with Crippen LogP contribution in [0.5, 0.6) is 0 Å². The van der Waals surface area contributed by atoms with Gasteiger partial charge in [-0.15, -0.1) is 0 Å². The quantitative estimate of drug-likeness (QED) is 0.554. The van der Waals surface area contributed by atoms with Crippen molar-refractivity contribution in [2.24, 2.45) is 0 Å². The van der Waals surface area contributed by atoms with Gasteiger partial charge in [0.25, 0.3) is 0 Å². The van der Waals surface area contributed by atoms with E-state index in [2.05, 4.69) is 21.2 Å². The van der Waals surface area contributed by atoms with E-state index in [1.54, 1.807) is 19.1 Å². The Morgan fingerprint density at radius 3 is 2.91 bits per heavy atom. The molecule has 1 saturated heterocycles. The normalized spacial score (nSPS) is 17.6. The molecular weight excluding hydrogens is 384 g/mol. The highest BCUT2D eigenvalue weighted by molar-refractivity contribution is 9.18. The molecule has 2 rings (SSSR count). The summed E-state index contributed by atoms with van der Waals surface area (Å²) in [5.74, 6) is -0.365. The fourth-order valence-corrected chi connectivity index (χ4v) is 3.23. The standard InChI is InChI=1S/C16H20BrClN2O3/c1-2-22-14(21)9-10-11(18)6-7-12(15(10)16(17)19)20-13-5-3-4-8-23-13/h6-7,13,19-20H,2-5,8-9H2,1H3. The minimum Gasteiger partial charge on any atom is -0.466 e. The monoisotopic (exact) mass is 402 g/mol. The van der Waals surface area contributed by atoms with Gasteiger partial charge in [-0.25, -0.2) is 0 Å². The first kappa shape index (κ1) is 18.2. The first-order valence-electron chi connectivity index (χ1n) is 7.62. The van der Waals surface area contributed by atoms with Crippen molar-refractivity contribution in [3.05, 3.63) is 28.3 Å². The smallest absolute Gasteiger partial charge is 0.310 e. The van der Waals surface area contributed by atoms with E-state index in [0.717, 1.165) is 31.6 Å². The highest BCUT2D eigenvalue weighted by Gasteiger charge is 2.21. The van der Waals surface area contributed by atoms with E-state index < -0.39 is 0 Å². The summed E-state index contributed by atoms with van der Waals surface area (Å²) in [6.45, 7) is 2.79. The van der Waals surface area contributed by atoms with Crippen molar-refractivity contribution in [2.75, 3.05) is 18.5 Å². The molecule has 1 unspecified atom stereocenters. The summed E-state index contributed by atoms with van der Waals surface area (Å²) in [5.41, 5.74) is 1.87. The van der Waals surface area contributed by atoms with Gasteiger partial charge in [0.1, 0.15) is 10.8 Å². The van der Waals surface area contributed by atoms with E-state index in [-0.39, 0.29) is 23.2 Å². The molecule has 2 N–H and O–H groups in total. The molecule has 0 bridgehead atoms. The van der Waals surface area contributed by atoms with E-state index >= 15 is 0 Å². The average Bonchev–Trinajstić information content (AvgIpc) is 2.51. The Bertz CT molecular complexity index is 589. The van der Waals surface area contributed by atoms with Gasteiger partial charge in [0.05, 0.1) is 13.0 Å². The zero-order valence-electron chi connectivity index (χ0n) is 13.0. The fourth-order valence-electron chi connectivity index (χ4n) is 2.55. The molecule has 126 valence electrons. The second-order valence-electron chi connectivity index (χ2n) is 5.24. The molecule has 5 nitrogen and oxygen atoms in total. The van der Waals surface area contributed by atoms with E-state index in [4.69, 9.17) is 26.5 Å². The van der Waals surface area contributed by atoms with Gasteiger partial charge in [-0.1, -0.05) is 11.6 Å². The molecular formula is C16H20BrClN2O3. The first-order chi connectivity index (χ1) is 11.0. The van der Waals surface area contributed by atoms with Gasteiger partial charge in [0, 0.05) is 22.9 Å². The van der Waals surface area contributed by atoms with Crippen LogP contribution in [0.2, 0.25) is 5.02 Å². The number of carbonyl (C=O) groups is 1. The molecule has 0 radical (unpaired) electrons. The maximum atomic E-state index is 11.8. The Morgan fingerprint density at radius 2 is 2.30 bits per heavy atom. The number of rotatable bonds is 6. The van der Waals surface area contributed by atoms with Crippen LogP contribution < -0.4 is 5.32 Å². The second-order valence-corrected chi connectivity index (χ2v) is 6.44. The number of benzene rings is 1. The minimum absolute atomic E-state index is 0.0248. The molecule has 0 spiro atoms.